The number of aliphatic hydroxyl groups is 1. The Bertz CT molecular complexity index is 1310. The van der Waals surface area contributed by atoms with Crippen LogP contribution in [0.2, 0.25) is 0 Å². The third-order valence-corrected chi connectivity index (χ3v) is 6.13. The molecule has 2 aliphatic heterocycles. The van der Waals surface area contributed by atoms with E-state index in [4.69, 9.17) is 9.47 Å². The average Bonchev–Trinajstić information content (AvgIpc) is 2.78. The molecule has 2 heterocycles. The number of ether oxygens (including phenoxy) is 2. The van der Waals surface area contributed by atoms with E-state index < -0.39 is 41.3 Å². The third kappa shape index (κ3) is 3.35. The van der Waals surface area contributed by atoms with E-state index >= 15 is 0 Å². The van der Waals surface area contributed by atoms with Crippen LogP contribution >= 0.6 is 0 Å². The number of aromatic hydroxyl groups is 6. The molecule has 3 aromatic carbocycles. The minimum Gasteiger partial charge on any atom is -0.507 e. The van der Waals surface area contributed by atoms with Gasteiger partial charge in [0.05, 0.1) is 12.5 Å². The topological polar surface area (TPSA) is 177 Å². The van der Waals surface area contributed by atoms with Gasteiger partial charge in [-0.05, 0) is 29.8 Å². The zero-order valence-electron chi connectivity index (χ0n) is 17.5. The van der Waals surface area contributed by atoms with Gasteiger partial charge >= 0.3 is 5.97 Å². The number of esters is 1. The van der Waals surface area contributed by atoms with Gasteiger partial charge in [0, 0.05) is 35.1 Å². The Balaban J connectivity index is 1.59. The molecule has 0 fully saturated rings. The first-order valence-electron chi connectivity index (χ1n) is 10.3. The first-order valence-corrected chi connectivity index (χ1v) is 10.3. The van der Waals surface area contributed by atoms with E-state index in [1.54, 1.807) is 0 Å². The molecule has 0 amide bonds. The summed E-state index contributed by atoms with van der Waals surface area (Å²) in [6, 6.07) is 7.69. The van der Waals surface area contributed by atoms with Crippen LogP contribution in [0.15, 0.2) is 36.4 Å². The Kier molecular flexibility index (Phi) is 4.83. The smallest absolute Gasteiger partial charge is 0.312 e. The average molecular weight is 468 g/mol. The quantitative estimate of drug-likeness (QED) is 0.168. The number of aliphatic hydroxyl groups excluding tert-OH is 1. The molecular formula is C24H20O10. The molecule has 0 saturated carbocycles. The number of fused-ring (bicyclic) bond motifs is 3. The highest BCUT2D eigenvalue weighted by Crippen LogP contribution is 2.52. The molecule has 34 heavy (non-hydrogen) atoms. The number of carbonyl (C=O) groups is 1. The number of hydrogen-bond acceptors (Lipinski definition) is 10. The first-order chi connectivity index (χ1) is 16.1. The van der Waals surface area contributed by atoms with Crippen molar-refractivity contribution in [3.8, 4) is 46.0 Å². The maximum atomic E-state index is 12.4. The van der Waals surface area contributed by atoms with Crippen molar-refractivity contribution in [2.24, 2.45) is 0 Å². The van der Waals surface area contributed by atoms with Crippen LogP contribution in [0, 0.1) is 0 Å². The first kappa shape index (κ1) is 21.5. The summed E-state index contributed by atoms with van der Waals surface area (Å²) in [4.78, 5) is 12.4. The van der Waals surface area contributed by atoms with Crippen LogP contribution in [0.3, 0.4) is 0 Å². The molecule has 0 aliphatic carbocycles. The van der Waals surface area contributed by atoms with Gasteiger partial charge in [0.25, 0.3) is 0 Å². The Morgan fingerprint density at radius 2 is 1.44 bits per heavy atom. The maximum absolute atomic E-state index is 12.4. The zero-order valence-corrected chi connectivity index (χ0v) is 17.5. The highest BCUT2D eigenvalue weighted by Gasteiger charge is 2.39. The molecule has 176 valence electrons. The maximum Gasteiger partial charge on any atom is 0.312 e. The zero-order chi connectivity index (χ0) is 24.3. The van der Waals surface area contributed by atoms with E-state index in [2.05, 4.69) is 0 Å². The minimum atomic E-state index is -1.19. The summed E-state index contributed by atoms with van der Waals surface area (Å²) in [7, 11) is 0. The number of hydrogen-bond donors (Lipinski definition) is 7. The fraction of sp³-hybridized carbons (Fsp3) is 0.208. The fourth-order valence-electron chi connectivity index (χ4n) is 4.51. The molecule has 0 unspecified atom stereocenters. The van der Waals surface area contributed by atoms with Crippen molar-refractivity contribution >= 4 is 5.97 Å². The summed E-state index contributed by atoms with van der Waals surface area (Å²) in [6.07, 6.45) is -2.43. The summed E-state index contributed by atoms with van der Waals surface area (Å²) in [6.45, 7) is 0. The molecule has 0 aromatic heterocycles. The fourth-order valence-corrected chi connectivity index (χ4v) is 4.51. The lowest BCUT2D eigenvalue weighted by molar-refractivity contribution is -0.135. The summed E-state index contributed by atoms with van der Waals surface area (Å²) >= 11 is 0. The van der Waals surface area contributed by atoms with Gasteiger partial charge in [0.2, 0.25) is 0 Å². The summed E-state index contributed by atoms with van der Waals surface area (Å²) in [5.74, 6) is -3.97. The van der Waals surface area contributed by atoms with Gasteiger partial charge in [-0.1, -0.05) is 6.07 Å². The lowest BCUT2D eigenvalue weighted by Crippen LogP contribution is -2.32. The molecule has 3 aromatic rings. The second kappa shape index (κ2) is 7.63. The highest BCUT2D eigenvalue weighted by atomic mass is 16.5. The molecule has 0 bridgehead atoms. The van der Waals surface area contributed by atoms with Gasteiger partial charge in [-0.2, -0.15) is 0 Å². The number of phenolic OH excluding ortho intramolecular Hbond substituents is 6. The molecule has 10 heteroatoms. The minimum absolute atomic E-state index is 0.0396. The van der Waals surface area contributed by atoms with Gasteiger partial charge in [0.15, 0.2) is 34.9 Å². The van der Waals surface area contributed by atoms with Crippen LogP contribution < -0.4 is 9.47 Å². The van der Waals surface area contributed by atoms with Crippen molar-refractivity contribution < 1.29 is 50.0 Å². The van der Waals surface area contributed by atoms with Crippen LogP contribution in [-0.4, -0.2) is 47.8 Å². The predicted molar refractivity (Wildman–Crippen MR) is 114 cm³/mol. The second-order valence-corrected chi connectivity index (χ2v) is 8.31. The van der Waals surface area contributed by atoms with Crippen LogP contribution in [-0.2, 0) is 11.2 Å². The lowest BCUT2D eigenvalue weighted by Gasteiger charge is -2.35. The molecule has 0 saturated heterocycles. The summed E-state index contributed by atoms with van der Waals surface area (Å²) in [5.41, 5.74) is 1.26. The van der Waals surface area contributed by atoms with E-state index in [0.29, 0.717) is 11.1 Å². The molecule has 3 atom stereocenters. The van der Waals surface area contributed by atoms with Crippen molar-refractivity contribution in [1.82, 2.24) is 0 Å². The van der Waals surface area contributed by atoms with E-state index in [9.17, 15) is 40.5 Å². The molecule has 10 nitrogen and oxygen atoms in total. The van der Waals surface area contributed by atoms with Gasteiger partial charge in [0.1, 0.15) is 17.2 Å². The lowest BCUT2D eigenvalue weighted by atomic mass is 9.82. The van der Waals surface area contributed by atoms with Crippen molar-refractivity contribution in [1.29, 1.82) is 0 Å². The van der Waals surface area contributed by atoms with E-state index in [1.807, 2.05) is 0 Å². The van der Waals surface area contributed by atoms with Crippen molar-refractivity contribution in [3.05, 3.63) is 58.7 Å². The van der Waals surface area contributed by atoms with Crippen LogP contribution in [0.25, 0.3) is 0 Å². The number of carbonyl (C=O) groups excluding carboxylic acids is 1. The third-order valence-electron chi connectivity index (χ3n) is 6.13. The van der Waals surface area contributed by atoms with E-state index in [-0.39, 0.29) is 52.7 Å². The van der Waals surface area contributed by atoms with Crippen LogP contribution in [0.5, 0.6) is 46.0 Å². The van der Waals surface area contributed by atoms with Crippen molar-refractivity contribution in [2.75, 3.05) is 0 Å². The second-order valence-electron chi connectivity index (χ2n) is 8.31. The van der Waals surface area contributed by atoms with Gasteiger partial charge < -0.3 is 45.2 Å². The number of rotatable bonds is 2. The molecule has 7 N–H and O–H groups in total. The standard InChI is InChI=1S/C24H20O10/c25-13-2-1-9(3-14(13)26)11-7-20(31)34-24-12-6-18(30)23(33-19(12)8-15(27)21(11)24)10-4-16(28)22(32)17(29)5-10/h1-5,8,11,18,23,25-30,32H,6-7H2/t11-,18-,23+/m0/s1. The number of benzene rings is 3. The van der Waals surface area contributed by atoms with Crippen molar-refractivity contribution in [3.63, 3.8) is 0 Å². The Labute approximate surface area is 192 Å². The molecular weight excluding hydrogens is 448 g/mol. The summed E-state index contributed by atoms with van der Waals surface area (Å²) in [5, 5.41) is 70.4. The van der Waals surface area contributed by atoms with Crippen LogP contribution in [0.4, 0.5) is 0 Å². The van der Waals surface area contributed by atoms with Gasteiger partial charge in [-0.3, -0.25) is 4.79 Å². The molecule has 5 rings (SSSR count). The van der Waals surface area contributed by atoms with Gasteiger partial charge in [-0.15, -0.1) is 0 Å². The SMILES string of the molecule is O=C1C[C@@H](c2ccc(O)c(O)c2)c2c(O)cc3c(c2O1)C[C@H](O)[C@@H](c1cc(O)c(O)c(O)c1)O3. The Hall–Kier alpha value is -4.31. The summed E-state index contributed by atoms with van der Waals surface area (Å²) < 4.78 is 11.3. The molecule has 2 aliphatic rings. The molecule has 0 spiro atoms. The van der Waals surface area contributed by atoms with Crippen molar-refractivity contribution in [2.45, 2.75) is 31.0 Å². The van der Waals surface area contributed by atoms with E-state index in [0.717, 1.165) is 12.1 Å². The number of phenols is 6. The normalized spacial score (nSPS) is 21.2. The van der Waals surface area contributed by atoms with Gasteiger partial charge in [-0.25, -0.2) is 0 Å². The Morgan fingerprint density at radius 3 is 2.12 bits per heavy atom. The van der Waals surface area contributed by atoms with E-state index in [1.165, 1.54) is 24.3 Å². The molecule has 0 radical (unpaired) electrons. The predicted octanol–water partition coefficient (Wildman–Crippen LogP) is 2.40. The highest BCUT2D eigenvalue weighted by molar-refractivity contribution is 5.80. The van der Waals surface area contributed by atoms with Crippen LogP contribution in [0.1, 0.15) is 40.7 Å². The Morgan fingerprint density at radius 1 is 0.765 bits per heavy atom. The monoisotopic (exact) mass is 468 g/mol. The largest absolute Gasteiger partial charge is 0.507 e.